The summed E-state index contributed by atoms with van der Waals surface area (Å²) < 4.78 is 29.2. The maximum atomic E-state index is 13.1. The van der Waals surface area contributed by atoms with Crippen molar-refractivity contribution in [2.24, 2.45) is 0 Å². The van der Waals surface area contributed by atoms with Gasteiger partial charge in [0.1, 0.15) is 0 Å². The average Bonchev–Trinajstić information content (AvgIpc) is 3.12. The van der Waals surface area contributed by atoms with Crippen molar-refractivity contribution in [1.29, 1.82) is 0 Å². The van der Waals surface area contributed by atoms with E-state index in [1.807, 2.05) is 31.2 Å². The van der Waals surface area contributed by atoms with Gasteiger partial charge in [0.15, 0.2) is 16.4 Å². The van der Waals surface area contributed by atoms with Gasteiger partial charge in [-0.15, -0.1) is 0 Å². The molecule has 0 spiro atoms. The molecule has 8 heteroatoms. The fraction of sp³-hybridized carbons (Fsp3) is 0.208. The van der Waals surface area contributed by atoms with Crippen molar-refractivity contribution in [3.05, 3.63) is 82.9 Å². The number of esters is 1. The van der Waals surface area contributed by atoms with Crippen molar-refractivity contribution in [2.45, 2.75) is 19.9 Å². The molecule has 0 radical (unpaired) electrons. The van der Waals surface area contributed by atoms with Crippen molar-refractivity contribution in [3.8, 4) is 0 Å². The summed E-state index contributed by atoms with van der Waals surface area (Å²) in [7, 11) is -3.38. The molecule has 7 nitrogen and oxygen atoms in total. The van der Waals surface area contributed by atoms with Crippen molar-refractivity contribution >= 4 is 38.3 Å². The lowest BCUT2D eigenvalue weighted by atomic mass is 10.0. The van der Waals surface area contributed by atoms with Crippen LogP contribution in [0.25, 0.3) is 10.9 Å². The number of nitrogens with zero attached hydrogens (tertiary/aromatic N) is 2. The van der Waals surface area contributed by atoms with E-state index in [0.717, 1.165) is 21.9 Å². The molecule has 4 rings (SSSR count). The van der Waals surface area contributed by atoms with Gasteiger partial charge in [-0.1, -0.05) is 36.4 Å². The number of carbonyl (C=O) groups excluding carboxylic acids is 2. The van der Waals surface area contributed by atoms with Crippen LogP contribution in [0.4, 0.5) is 5.69 Å². The summed E-state index contributed by atoms with van der Waals surface area (Å²) >= 11 is 0. The van der Waals surface area contributed by atoms with Gasteiger partial charge in [-0.3, -0.25) is 9.78 Å². The predicted octanol–water partition coefficient (Wildman–Crippen LogP) is 3.35. The van der Waals surface area contributed by atoms with E-state index in [4.69, 9.17) is 4.74 Å². The third-order valence-corrected chi connectivity index (χ3v) is 6.79. The van der Waals surface area contributed by atoms with Gasteiger partial charge in [0.25, 0.3) is 5.91 Å². The van der Waals surface area contributed by atoms with Crippen molar-refractivity contribution in [2.75, 3.05) is 17.3 Å². The van der Waals surface area contributed by atoms with Crippen LogP contribution in [0.1, 0.15) is 21.6 Å². The van der Waals surface area contributed by atoms with E-state index in [9.17, 15) is 18.0 Å². The number of anilines is 1. The molecule has 0 N–H and O–H groups in total. The molecular formula is C24H22N2O5S. The standard InChI is InChI=1S/C24H22N2O5S/c1-16-20-10-6-7-11-21(20)25-17(2)23(16)24(28)31-14-22(27)26(18-8-4-3-5-9-18)19-12-13-32(29,30)15-19/h3-13,19H,14-15H2,1-2H3. The van der Waals surface area contributed by atoms with Crippen LogP contribution in [0.15, 0.2) is 66.1 Å². The predicted molar refractivity (Wildman–Crippen MR) is 122 cm³/mol. The number of fused-ring (bicyclic) bond motifs is 1. The fourth-order valence-electron chi connectivity index (χ4n) is 3.93. The highest BCUT2D eigenvalue weighted by molar-refractivity contribution is 7.94. The molecule has 1 aliphatic rings. The van der Waals surface area contributed by atoms with Gasteiger partial charge < -0.3 is 9.64 Å². The molecule has 0 fully saturated rings. The Labute approximate surface area is 186 Å². The SMILES string of the molecule is Cc1nc2ccccc2c(C)c1C(=O)OCC(=O)N(c1ccccc1)C1C=CS(=O)(=O)C1. The number of benzene rings is 2. The lowest BCUT2D eigenvalue weighted by molar-refractivity contribution is -0.121. The minimum absolute atomic E-state index is 0.214. The van der Waals surface area contributed by atoms with Gasteiger partial charge in [-0.05, 0) is 43.7 Å². The van der Waals surface area contributed by atoms with Crippen LogP contribution in [0.5, 0.6) is 0 Å². The molecule has 2 aromatic carbocycles. The zero-order chi connectivity index (χ0) is 22.9. The Morgan fingerprint density at radius 3 is 2.44 bits per heavy atom. The minimum atomic E-state index is -3.38. The smallest absolute Gasteiger partial charge is 0.340 e. The van der Waals surface area contributed by atoms with Crippen LogP contribution in [-0.4, -0.2) is 43.7 Å². The Balaban J connectivity index is 1.57. The van der Waals surface area contributed by atoms with E-state index in [1.165, 1.54) is 11.0 Å². The first kappa shape index (κ1) is 21.7. The lowest BCUT2D eigenvalue weighted by Gasteiger charge is -2.27. The molecule has 1 unspecified atom stereocenters. The highest BCUT2D eigenvalue weighted by Gasteiger charge is 2.32. The van der Waals surface area contributed by atoms with Gasteiger partial charge in [-0.2, -0.15) is 0 Å². The first-order chi connectivity index (χ1) is 15.3. The van der Waals surface area contributed by atoms with E-state index >= 15 is 0 Å². The normalized spacial score (nSPS) is 16.8. The number of aryl methyl sites for hydroxylation is 2. The molecular weight excluding hydrogens is 428 g/mol. The quantitative estimate of drug-likeness (QED) is 0.554. The number of carbonyl (C=O) groups is 2. The van der Waals surface area contributed by atoms with Crippen LogP contribution in [0.3, 0.4) is 0 Å². The van der Waals surface area contributed by atoms with Crippen LogP contribution in [0.2, 0.25) is 0 Å². The molecule has 0 aliphatic carbocycles. The molecule has 0 saturated carbocycles. The van der Waals surface area contributed by atoms with E-state index in [0.29, 0.717) is 16.9 Å². The largest absolute Gasteiger partial charge is 0.452 e. The Hall–Kier alpha value is -3.52. The Morgan fingerprint density at radius 2 is 1.75 bits per heavy atom. The van der Waals surface area contributed by atoms with Crippen LogP contribution >= 0.6 is 0 Å². The molecule has 1 amide bonds. The second-order valence-electron chi connectivity index (χ2n) is 7.62. The number of sulfone groups is 1. The second-order valence-corrected chi connectivity index (χ2v) is 9.55. The topological polar surface area (TPSA) is 93.6 Å². The average molecular weight is 451 g/mol. The summed E-state index contributed by atoms with van der Waals surface area (Å²) in [5, 5.41) is 1.95. The molecule has 32 heavy (non-hydrogen) atoms. The van der Waals surface area contributed by atoms with E-state index in [2.05, 4.69) is 4.98 Å². The molecule has 1 aliphatic heterocycles. The van der Waals surface area contributed by atoms with Gasteiger partial charge in [0, 0.05) is 16.5 Å². The summed E-state index contributed by atoms with van der Waals surface area (Å²) in [5.74, 6) is -1.37. The number of ether oxygens (including phenoxy) is 1. The van der Waals surface area contributed by atoms with Crippen molar-refractivity contribution in [3.63, 3.8) is 0 Å². The second kappa shape index (κ2) is 8.55. The molecule has 0 bridgehead atoms. The van der Waals surface area contributed by atoms with Gasteiger partial charge in [0.2, 0.25) is 0 Å². The number of hydrogen-bond acceptors (Lipinski definition) is 6. The number of hydrogen-bond donors (Lipinski definition) is 0. The van der Waals surface area contributed by atoms with Crippen molar-refractivity contribution < 1.29 is 22.7 Å². The minimum Gasteiger partial charge on any atom is -0.452 e. The fourth-order valence-corrected chi connectivity index (χ4v) is 5.20. The number of amides is 1. The first-order valence-corrected chi connectivity index (χ1v) is 11.8. The summed E-state index contributed by atoms with van der Waals surface area (Å²) in [6, 6.07) is 15.5. The monoisotopic (exact) mass is 450 g/mol. The molecule has 164 valence electrons. The highest BCUT2D eigenvalue weighted by atomic mass is 32.2. The lowest BCUT2D eigenvalue weighted by Crippen LogP contribution is -2.43. The summed E-state index contributed by atoms with van der Waals surface area (Å²) in [6.45, 7) is 3.02. The summed E-state index contributed by atoms with van der Waals surface area (Å²) in [5.41, 5.74) is 2.88. The van der Waals surface area contributed by atoms with Gasteiger partial charge >= 0.3 is 5.97 Å². The Kier molecular flexibility index (Phi) is 5.80. The maximum Gasteiger partial charge on any atom is 0.340 e. The number of rotatable bonds is 5. The number of pyridine rings is 1. The third-order valence-electron chi connectivity index (χ3n) is 5.41. The van der Waals surface area contributed by atoms with E-state index in [1.54, 1.807) is 37.3 Å². The molecule has 1 atom stereocenters. The summed E-state index contributed by atoms with van der Waals surface area (Å²) in [6.07, 6.45) is 1.48. The number of aromatic nitrogens is 1. The summed E-state index contributed by atoms with van der Waals surface area (Å²) in [4.78, 5) is 31.8. The van der Waals surface area contributed by atoms with Crippen molar-refractivity contribution in [1.82, 2.24) is 4.98 Å². The molecule has 2 heterocycles. The van der Waals surface area contributed by atoms with Crippen LogP contribution in [0, 0.1) is 13.8 Å². The molecule has 1 aromatic heterocycles. The third kappa shape index (κ3) is 4.27. The van der Waals surface area contributed by atoms with E-state index < -0.39 is 34.4 Å². The van der Waals surface area contributed by atoms with Gasteiger partial charge in [0.05, 0.1) is 28.6 Å². The Bertz CT molecular complexity index is 1330. The zero-order valence-corrected chi connectivity index (χ0v) is 18.5. The zero-order valence-electron chi connectivity index (χ0n) is 17.7. The van der Waals surface area contributed by atoms with Crippen LogP contribution < -0.4 is 4.90 Å². The molecule has 0 saturated heterocycles. The highest BCUT2D eigenvalue weighted by Crippen LogP contribution is 2.25. The number of para-hydroxylation sites is 2. The van der Waals surface area contributed by atoms with E-state index in [-0.39, 0.29) is 5.75 Å². The Morgan fingerprint density at radius 1 is 1.06 bits per heavy atom. The van der Waals surface area contributed by atoms with Gasteiger partial charge in [-0.25, -0.2) is 13.2 Å². The van der Waals surface area contributed by atoms with Crippen LogP contribution in [-0.2, 0) is 19.4 Å². The maximum absolute atomic E-state index is 13.1. The first-order valence-electron chi connectivity index (χ1n) is 10.1. The molecule has 3 aromatic rings.